The predicted octanol–water partition coefficient (Wildman–Crippen LogP) is 8.13. The van der Waals surface area contributed by atoms with Crippen LogP contribution in [0.15, 0.2) is 54.6 Å². The topological polar surface area (TPSA) is 35.5 Å². The fourth-order valence-electron chi connectivity index (χ4n) is 4.79. The number of unbranched alkanes of at least 4 members (excludes halogenated alkanes) is 8. The van der Waals surface area contributed by atoms with E-state index < -0.39 is 0 Å². The molecule has 0 bridgehead atoms. The molecule has 0 aliphatic rings. The van der Waals surface area contributed by atoms with Crippen LogP contribution in [0.4, 0.5) is 0 Å². The van der Waals surface area contributed by atoms with Gasteiger partial charge in [0.15, 0.2) is 0 Å². The van der Waals surface area contributed by atoms with Crippen molar-refractivity contribution in [2.75, 3.05) is 27.2 Å². The van der Waals surface area contributed by atoms with Crippen molar-refractivity contribution in [1.82, 2.24) is 0 Å². The Kier molecular flexibility index (Phi) is 15.0. The van der Waals surface area contributed by atoms with E-state index in [1.807, 2.05) is 25.1 Å². The number of carbonyl (C=O) groups excluding carboxylic acids is 1. The van der Waals surface area contributed by atoms with Crippen LogP contribution in [0.3, 0.4) is 0 Å². The largest absolute Gasteiger partial charge is 0.487 e. The number of nitrogens with zero attached hydrogens (tertiary/aromatic N) is 1. The Labute approximate surface area is 227 Å². The Bertz CT molecular complexity index is 865. The van der Waals surface area contributed by atoms with Gasteiger partial charge in [-0.2, -0.15) is 0 Å². The molecule has 0 spiro atoms. The van der Waals surface area contributed by atoms with Crippen LogP contribution in [0.5, 0.6) is 5.75 Å². The lowest BCUT2D eigenvalue weighted by Crippen LogP contribution is -2.39. The van der Waals surface area contributed by atoms with E-state index in [9.17, 15) is 4.79 Å². The Morgan fingerprint density at radius 3 is 2.14 bits per heavy atom. The zero-order chi connectivity index (χ0) is 26.8. The highest BCUT2D eigenvalue weighted by Gasteiger charge is 2.17. The van der Waals surface area contributed by atoms with Gasteiger partial charge in [-0.25, -0.2) is 0 Å². The summed E-state index contributed by atoms with van der Waals surface area (Å²) in [5, 5.41) is 0. The Hall–Kier alpha value is -2.33. The molecule has 4 heteroatoms. The lowest BCUT2D eigenvalue weighted by molar-refractivity contribution is -0.903. The zero-order valence-electron chi connectivity index (χ0n) is 24.1. The maximum Gasteiger partial charge on any atom is 0.306 e. The van der Waals surface area contributed by atoms with Crippen LogP contribution in [0.1, 0.15) is 95.6 Å². The number of hydrogen-bond donors (Lipinski definition) is 0. The van der Waals surface area contributed by atoms with Crippen molar-refractivity contribution >= 4 is 5.97 Å². The van der Waals surface area contributed by atoms with Crippen molar-refractivity contribution in [3.63, 3.8) is 0 Å². The molecule has 37 heavy (non-hydrogen) atoms. The molecule has 0 saturated heterocycles. The smallest absolute Gasteiger partial charge is 0.306 e. The summed E-state index contributed by atoms with van der Waals surface area (Å²) < 4.78 is 12.6. The maximum absolute atomic E-state index is 12.3. The molecule has 0 aliphatic carbocycles. The van der Waals surface area contributed by atoms with Crippen LogP contribution in [0.25, 0.3) is 0 Å². The molecular weight excluding hydrogens is 458 g/mol. The van der Waals surface area contributed by atoms with Crippen molar-refractivity contribution in [1.29, 1.82) is 0 Å². The van der Waals surface area contributed by atoms with Crippen LogP contribution in [0.2, 0.25) is 0 Å². The molecular formula is C33H52NO3+. The standard InChI is InChI=1S/C33H52NO3/c1-5-6-7-8-9-10-11-12-16-22-31-23-17-18-24-32(31)37-29(2)28-36-33(35)25-19-26-34(3,4)27-30-20-14-13-15-21-30/h13-15,17-18,20-21,23-24,29H,5-12,16,19,22,25-28H2,1-4H3/q+1. The number of carbonyl (C=O) groups is 1. The summed E-state index contributed by atoms with van der Waals surface area (Å²) in [6.45, 7) is 6.42. The van der Waals surface area contributed by atoms with Gasteiger partial charge < -0.3 is 14.0 Å². The molecule has 2 aromatic carbocycles. The molecule has 0 N–H and O–H groups in total. The van der Waals surface area contributed by atoms with Crippen molar-refractivity contribution in [2.24, 2.45) is 0 Å². The lowest BCUT2D eigenvalue weighted by atomic mass is 10.0. The van der Waals surface area contributed by atoms with E-state index in [-0.39, 0.29) is 18.7 Å². The van der Waals surface area contributed by atoms with Gasteiger partial charge >= 0.3 is 5.97 Å². The summed E-state index contributed by atoms with van der Waals surface area (Å²) in [6.07, 6.45) is 14.1. The second-order valence-electron chi connectivity index (χ2n) is 11.2. The minimum Gasteiger partial charge on any atom is -0.487 e. The third-order valence-electron chi connectivity index (χ3n) is 6.93. The van der Waals surface area contributed by atoms with Crippen molar-refractivity contribution in [3.05, 3.63) is 65.7 Å². The molecule has 2 rings (SSSR count). The molecule has 0 saturated carbocycles. The Morgan fingerprint density at radius 1 is 0.811 bits per heavy atom. The average molecular weight is 511 g/mol. The third-order valence-corrected chi connectivity index (χ3v) is 6.93. The van der Waals surface area contributed by atoms with E-state index in [0.29, 0.717) is 6.42 Å². The number of para-hydroxylation sites is 1. The lowest BCUT2D eigenvalue weighted by Gasteiger charge is -2.29. The van der Waals surface area contributed by atoms with Crippen LogP contribution in [-0.4, -0.2) is 43.8 Å². The number of ether oxygens (including phenoxy) is 2. The van der Waals surface area contributed by atoms with E-state index >= 15 is 0 Å². The molecule has 2 aromatic rings. The zero-order valence-corrected chi connectivity index (χ0v) is 24.1. The molecule has 1 atom stereocenters. The highest BCUT2D eigenvalue weighted by molar-refractivity contribution is 5.69. The first-order valence-corrected chi connectivity index (χ1v) is 14.7. The molecule has 0 aromatic heterocycles. The van der Waals surface area contributed by atoms with Gasteiger partial charge in [0.25, 0.3) is 0 Å². The highest BCUT2D eigenvalue weighted by atomic mass is 16.6. The molecule has 0 amide bonds. The van der Waals surface area contributed by atoms with Gasteiger partial charge in [-0.1, -0.05) is 107 Å². The number of esters is 1. The Morgan fingerprint density at radius 2 is 1.43 bits per heavy atom. The average Bonchev–Trinajstić information content (AvgIpc) is 2.87. The van der Waals surface area contributed by atoms with E-state index in [2.05, 4.69) is 57.4 Å². The summed E-state index contributed by atoms with van der Waals surface area (Å²) >= 11 is 0. The molecule has 1 unspecified atom stereocenters. The van der Waals surface area contributed by atoms with Gasteiger partial charge in [0, 0.05) is 12.0 Å². The molecule has 0 radical (unpaired) electrons. The fraction of sp³-hybridized carbons (Fsp3) is 0.606. The normalized spacial score (nSPS) is 12.3. The van der Waals surface area contributed by atoms with E-state index in [4.69, 9.17) is 9.47 Å². The SMILES string of the molecule is CCCCCCCCCCCc1ccccc1OC(C)COC(=O)CCC[N+](C)(C)Cc1ccccc1. The van der Waals surface area contributed by atoms with Crippen molar-refractivity contribution < 1.29 is 18.8 Å². The quantitative estimate of drug-likeness (QED) is 0.102. The van der Waals surface area contributed by atoms with Gasteiger partial charge in [0.2, 0.25) is 0 Å². The monoisotopic (exact) mass is 510 g/mol. The first-order valence-electron chi connectivity index (χ1n) is 14.7. The van der Waals surface area contributed by atoms with E-state index in [0.717, 1.165) is 36.2 Å². The summed E-state index contributed by atoms with van der Waals surface area (Å²) in [7, 11) is 4.42. The number of quaternary nitrogens is 1. The first kappa shape index (κ1) is 30.9. The number of rotatable bonds is 20. The first-order chi connectivity index (χ1) is 17.9. The van der Waals surface area contributed by atoms with E-state index in [1.54, 1.807) is 0 Å². The molecule has 0 heterocycles. The van der Waals surface area contributed by atoms with Crippen molar-refractivity contribution in [3.8, 4) is 5.75 Å². The summed E-state index contributed by atoms with van der Waals surface area (Å²) in [5.74, 6) is 0.781. The maximum atomic E-state index is 12.3. The number of benzene rings is 2. The van der Waals surface area contributed by atoms with Gasteiger partial charge in [-0.15, -0.1) is 0 Å². The van der Waals surface area contributed by atoms with Gasteiger partial charge in [0.1, 0.15) is 25.0 Å². The van der Waals surface area contributed by atoms with Crippen LogP contribution < -0.4 is 4.74 Å². The summed E-state index contributed by atoms with van der Waals surface area (Å²) in [4.78, 5) is 12.3. The minimum atomic E-state index is -0.168. The fourth-order valence-corrected chi connectivity index (χ4v) is 4.79. The van der Waals surface area contributed by atoms with Gasteiger partial charge in [0.05, 0.1) is 27.1 Å². The van der Waals surface area contributed by atoms with Gasteiger partial charge in [-0.3, -0.25) is 4.79 Å². The second-order valence-corrected chi connectivity index (χ2v) is 11.2. The van der Waals surface area contributed by atoms with Crippen LogP contribution in [0, 0.1) is 0 Å². The third kappa shape index (κ3) is 14.3. The molecule has 4 nitrogen and oxygen atoms in total. The predicted molar refractivity (Wildman–Crippen MR) is 155 cm³/mol. The van der Waals surface area contributed by atoms with Crippen molar-refractivity contribution in [2.45, 2.75) is 104 Å². The van der Waals surface area contributed by atoms with E-state index in [1.165, 1.54) is 68.9 Å². The highest BCUT2D eigenvalue weighted by Crippen LogP contribution is 2.22. The van der Waals surface area contributed by atoms with Crippen LogP contribution in [-0.2, 0) is 22.5 Å². The number of hydrogen-bond acceptors (Lipinski definition) is 3. The summed E-state index contributed by atoms with van der Waals surface area (Å²) in [5.41, 5.74) is 2.57. The second kappa shape index (κ2) is 18.0. The minimum absolute atomic E-state index is 0.141. The summed E-state index contributed by atoms with van der Waals surface area (Å²) in [6, 6.07) is 18.8. The molecule has 0 fully saturated rings. The Balaban J connectivity index is 1.62. The van der Waals surface area contributed by atoms with Crippen LogP contribution >= 0.6 is 0 Å². The molecule has 0 aliphatic heterocycles. The molecule has 206 valence electrons. The number of aryl methyl sites for hydroxylation is 1. The van der Waals surface area contributed by atoms with Gasteiger partial charge in [-0.05, 0) is 31.4 Å².